The van der Waals surface area contributed by atoms with Gasteiger partial charge in [-0.15, -0.1) is 0 Å². The predicted molar refractivity (Wildman–Crippen MR) is 116 cm³/mol. The van der Waals surface area contributed by atoms with E-state index in [1.807, 2.05) is 0 Å². The van der Waals surface area contributed by atoms with E-state index in [-0.39, 0.29) is 54.5 Å². The first-order valence-corrected chi connectivity index (χ1v) is 10.3. The Morgan fingerprint density at radius 3 is 2.40 bits per heavy atom. The molecule has 0 aliphatic carbocycles. The van der Waals surface area contributed by atoms with Crippen molar-refractivity contribution in [3.05, 3.63) is 48.2 Å². The van der Waals surface area contributed by atoms with Crippen LogP contribution >= 0.6 is 0 Å². The second-order valence-electron chi connectivity index (χ2n) is 7.53. The Bertz CT molecular complexity index is 1060. The van der Waals surface area contributed by atoms with E-state index >= 15 is 0 Å². The van der Waals surface area contributed by atoms with Crippen LogP contribution in [0.1, 0.15) is 26.1 Å². The quantitative estimate of drug-likeness (QED) is 0.435. The van der Waals surface area contributed by atoms with Gasteiger partial charge in [0, 0.05) is 31.0 Å². The van der Waals surface area contributed by atoms with Crippen molar-refractivity contribution in [1.82, 2.24) is 15.1 Å². The summed E-state index contributed by atoms with van der Waals surface area (Å²) in [7, 11) is 0. The van der Waals surface area contributed by atoms with Crippen LogP contribution in [0, 0.1) is 23.1 Å². The maximum absolute atomic E-state index is 13.6. The summed E-state index contributed by atoms with van der Waals surface area (Å²) in [4.78, 5) is 38.5. The minimum absolute atomic E-state index is 0.0935. The summed E-state index contributed by atoms with van der Waals surface area (Å²) in [6, 6.07) is 6.29. The lowest BCUT2D eigenvalue weighted by Crippen LogP contribution is -2.56. The number of hydrogen-bond acceptors (Lipinski definition) is 8. The average molecular weight is 497 g/mol. The fraction of sp³-hybridized carbons (Fsp3) is 0.381. The van der Waals surface area contributed by atoms with E-state index in [0.29, 0.717) is 0 Å². The number of nitriles is 1. The van der Waals surface area contributed by atoms with E-state index in [1.54, 1.807) is 19.9 Å². The molecule has 14 heteroatoms. The minimum atomic E-state index is -5.43. The van der Waals surface area contributed by atoms with E-state index in [4.69, 9.17) is 11.0 Å². The molecule has 10 nitrogen and oxygen atoms in total. The largest absolute Gasteiger partial charge is 0.493 e. The number of anilines is 2. The molecule has 1 aromatic carbocycles. The lowest BCUT2D eigenvalue weighted by Gasteiger charge is -2.37. The monoisotopic (exact) mass is 497 g/mol. The minimum Gasteiger partial charge on any atom is -0.330 e. The fourth-order valence-corrected chi connectivity index (χ4v) is 2.78. The van der Waals surface area contributed by atoms with Gasteiger partial charge in [-0.25, -0.2) is 24.0 Å². The number of hydrazine groups is 1. The predicted octanol–water partition coefficient (Wildman–Crippen LogP) is 3.16. The van der Waals surface area contributed by atoms with Gasteiger partial charge < -0.3 is 10.6 Å². The average Bonchev–Trinajstić information content (AvgIpc) is 2.81. The van der Waals surface area contributed by atoms with Crippen LogP contribution in [0.4, 0.5) is 33.9 Å². The number of alkyl halides is 3. The first-order chi connectivity index (χ1) is 16.5. The molecule has 0 atom stereocenters. The third-order valence-electron chi connectivity index (χ3n) is 4.28. The normalized spacial score (nSPS) is 11.1. The van der Waals surface area contributed by atoms with Gasteiger partial charge in [-0.3, -0.25) is 4.90 Å². The highest BCUT2D eigenvalue weighted by molar-refractivity contribution is 5.93. The van der Waals surface area contributed by atoms with E-state index < -0.39 is 24.0 Å². The molecule has 35 heavy (non-hydrogen) atoms. The number of hydroxylamine groups is 1. The lowest BCUT2D eigenvalue weighted by molar-refractivity contribution is -0.229. The van der Waals surface area contributed by atoms with Gasteiger partial charge in [0.15, 0.2) is 5.82 Å². The number of carbonyl (C=O) groups excluding carboxylic acids is 2. The SMILES string of the molecule is CC(C)CN(c1ccnc(C#N)n1)N(OC(=O)C(F)(F)F)C(=O)N(CCCN)c1ccc(F)cc1. The second kappa shape index (κ2) is 11.9. The molecule has 0 saturated heterocycles. The molecular weight excluding hydrogens is 474 g/mol. The highest BCUT2D eigenvalue weighted by Crippen LogP contribution is 2.25. The highest BCUT2D eigenvalue weighted by atomic mass is 19.4. The van der Waals surface area contributed by atoms with Crippen molar-refractivity contribution in [2.24, 2.45) is 11.7 Å². The van der Waals surface area contributed by atoms with Crippen LogP contribution in [0.25, 0.3) is 0 Å². The fourth-order valence-electron chi connectivity index (χ4n) is 2.78. The van der Waals surface area contributed by atoms with Crippen LogP contribution in [0.3, 0.4) is 0 Å². The summed E-state index contributed by atoms with van der Waals surface area (Å²) in [5.41, 5.74) is 5.65. The van der Waals surface area contributed by atoms with Crippen LogP contribution in [0.15, 0.2) is 36.5 Å². The van der Waals surface area contributed by atoms with Crippen LogP contribution < -0.4 is 15.6 Å². The van der Waals surface area contributed by atoms with Crippen molar-refractivity contribution < 1.29 is 32.0 Å². The van der Waals surface area contributed by atoms with Crippen molar-refractivity contribution in [1.29, 1.82) is 5.26 Å². The summed E-state index contributed by atoms with van der Waals surface area (Å²) < 4.78 is 52.8. The van der Waals surface area contributed by atoms with Gasteiger partial charge in [-0.2, -0.15) is 23.4 Å². The van der Waals surface area contributed by atoms with Gasteiger partial charge in [0.1, 0.15) is 11.9 Å². The van der Waals surface area contributed by atoms with Crippen LogP contribution in [-0.4, -0.2) is 53.0 Å². The molecule has 2 aromatic rings. The van der Waals surface area contributed by atoms with Crippen LogP contribution in [0.5, 0.6) is 0 Å². The van der Waals surface area contributed by atoms with E-state index in [1.165, 1.54) is 18.2 Å². The number of nitrogens with zero attached hydrogens (tertiary/aromatic N) is 6. The van der Waals surface area contributed by atoms with Crippen LogP contribution in [-0.2, 0) is 9.63 Å². The first kappa shape index (κ1) is 27.3. The number of carbonyl (C=O) groups is 2. The maximum Gasteiger partial charge on any atom is 0.493 e. The van der Waals surface area contributed by atoms with E-state index in [9.17, 15) is 27.2 Å². The van der Waals surface area contributed by atoms with Crippen LogP contribution in [0.2, 0.25) is 0 Å². The van der Waals surface area contributed by atoms with Crippen molar-refractivity contribution in [3.8, 4) is 6.07 Å². The Morgan fingerprint density at radius 2 is 1.86 bits per heavy atom. The summed E-state index contributed by atoms with van der Waals surface area (Å²) in [5, 5.41) is 10.1. The van der Waals surface area contributed by atoms with Gasteiger partial charge in [0.2, 0.25) is 5.82 Å². The molecule has 1 heterocycles. The molecule has 0 aliphatic heterocycles. The molecule has 1 aromatic heterocycles. The van der Waals surface area contributed by atoms with Crippen molar-refractivity contribution in [2.75, 3.05) is 29.5 Å². The number of amides is 2. The number of benzene rings is 1. The molecule has 2 rings (SSSR count). The van der Waals surface area contributed by atoms with Gasteiger partial charge in [0.05, 0.1) is 0 Å². The Kier molecular flexibility index (Phi) is 9.29. The van der Waals surface area contributed by atoms with Gasteiger partial charge in [-0.1, -0.05) is 13.8 Å². The summed E-state index contributed by atoms with van der Waals surface area (Å²) in [6.07, 6.45) is -4.04. The molecule has 0 spiro atoms. The molecular formula is C21H23F4N7O3. The van der Waals surface area contributed by atoms with Gasteiger partial charge in [0.25, 0.3) is 0 Å². The number of aromatic nitrogens is 2. The van der Waals surface area contributed by atoms with Crippen molar-refractivity contribution in [3.63, 3.8) is 0 Å². The number of hydrogen-bond donors (Lipinski definition) is 1. The molecule has 0 fully saturated rings. The van der Waals surface area contributed by atoms with Crippen molar-refractivity contribution >= 4 is 23.5 Å². The smallest absolute Gasteiger partial charge is 0.330 e. The number of rotatable bonds is 8. The molecule has 0 saturated carbocycles. The zero-order valence-corrected chi connectivity index (χ0v) is 18.9. The molecule has 2 N–H and O–H groups in total. The van der Waals surface area contributed by atoms with Gasteiger partial charge in [-0.05, 0) is 48.3 Å². The number of halogens is 4. The number of nitrogens with two attached hydrogens (primary N) is 1. The number of urea groups is 1. The summed E-state index contributed by atoms with van der Waals surface area (Å²) >= 11 is 0. The molecule has 0 bridgehead atoms. The Hall–Kier alpha value is -3.99. The molecule has 2 amide bonds. The Labute approximate surface area is 198 Å². The topological polar surface area (TPSA) is 129 Å². The molecule has 0 unspecified atom stereocenters. The Balaban J connectivity index is 2.62. The van der Waals surface area contributed by atoms with E-state index in [2.05, 4.69) is 14.8 Å². The summed E-state index contributed by atoms with van der Waals surface area (Å²) in [5.74, 6) is -4.05. The molecule has 188 valence electrons. The lowest BCUT2D eigenvalue weighted by atomic mass is 10.2. The zero-order valence-electron chi connectivity index (χ0n) is 18.9. The zero-order chi connectivity index (χ0) is 26.2. The highest BCUT2D eigenvalue weighted by Gasteiger charge is 2.45. The molecule has 0 aliphatic rings. The standard InChI is InChI=1S/C21H23F4N7O3/c1-14(2)13-31(18-8-10-28-17(12-27)29-18)32(35-19(33)21(23,24)25)20(34)30(11-3-9-26)16-6-4-15(22)5-7-16/h4-8,10,14H,3,9,11,13,26H2,1-2H3. The summed E-state index contributed by atoms with van der Waals surface area (Å²) in [6.45, 7) is 3.27. The first-order valence-electron chi connectivity index (χ1n) is 10.3. The third-order valence-corrected chi connectivity index (χ3v) is 4.28. The Morgan fingerprint density at radius 1 is 1.20 bits per heavy atom. The molecule has 0 radical (unpaired) electrons. The third kappa shape index (κ3) is 7.51. The van der Waals surface area contributed by atoms with Crippen molar-refractivity contribution in [2.45, 2.75) is 26.4 Å². The maximum atomic E-state index is 13.6. The van der Waals surface area contributed by atoms with Gasteiger partial charge >= 0.3 is 18.2 Å². The second-order valence-corrected chi connectivity index (χ2v) is 7.53. The van der Waals surface area contributed by atoms with E-state index in [0.717, 1.165) is 28.2 Å².